The van der Waals surface area contributed by atoms with Gasteiger partial charge in [-0.05, 0) is 56.5 Å². The highest BCUT2D eigenvalue weighted by Gasteiger charge is 2.13. The lowest BCUT2D eigenvalue weighted by molar-refractivity contribution is 0.0996. The number of methoxy groups -OCH3 is 1. The number of aryl methyl sites for hydroxylation is 4. The van der Waals surface area contributed by atoms with Gasteiger partial charge in [0.25, 0.3) is 5.91 Å². The molecule has 0 aliphatic heterocycles. The first kappa shape index (κ1) is 18.5. The standard InChI is InChI=1S/C21H24N2O2S/c1-13-6-7-15(3)17(11-13)20(24)22-21-23(8-9-25-5)19-16(4)10-14(2)12-18(19)26-21/h6-7,10-12H,8-9H2,1-5H3. The number of hydrogen-bond acceptors (Lipinski definition) is 3. The highest BCUT2D eigenvalue weighted by molar-refractivity contribution is 7.16. The van der Waals surface area contributed by atoms with Crippen LogP contribution in [-0.4, -0.2) is 24.2 Å². The molecule has 3 rings (SSSR count). The summed E-state index contributed by atoms with van der Waals surface area (Å²) in [5.41, 5.74) is 6.19. The third-order valence-corrected chi connectivity index (χ3v) is 5.48. The SMILES string of the molecule is COCCn1c(=NC(=O)c2cc(C)ccc2C)sc2cc(C)cc(C)c21. The minimum atomic E-state index is -0.196. The van der Waals surface area contributed by atoms with Crippen molar-refractivity contribution in [2.75, 3.05) is 13.7 Å². The van der Waals surface area contributed by atoms with E-state index in [0.717, 1.165) is 26.1 Å². The molecule has 0 atom stereocenters. The topological polar surface area (TPSA) is 43.6 Å². The summed E-state index contributed by atoms with van der Waals surface area (Å²) < 4.78 is 8.51. The number of nitrogens with zero attached hydrogens (tertiary/aromatic N) is 2. The van der Waals surface area contributed by atoms with Gasteiger partial charge < -0.3 is 9.30 Å². The molecule has 3 aromatic rings. The van der Waals surface area contributed by atoms with Crippen molar-refractivity contribution in [2.45, 2.75) is 34.2 Å². The van der Waals surface area contributed by atoms with Gasteiger partial charge in [0.1, 0.15) is 0 Å². The number of benzene rings is 2. The van der Waals surface area contributed by atoms with Gasteiger partial charge in [0.05, 0.1) is 16.8 Å². The molecule has 1 heterocycles. The van der Waals surface area contributed by atoms with Gasteiger partial charge in [0.2, 0.25) is 0 Å². The molecule has 1 aromatic heterocycles. The number of aromatic nitrogens is 1. The van der Waals surface area contributed by atoms with Gasteiger partial charge in [-0.15, -0.1) is 0 Å². The van der Waals surface area contributed by atoms with Crippen LogP contribution < -0.4 is 4.80 Å². The van der Waals surface area contributed by atoms with Crippen molar-refractivity contribution < 1.29 is 9.53 Å². The number of ether oxygens (including phenoxy) is 1. The zero-order chi connectivity index (χ0) is 18.8. The summed E-state index contributed by atoms with van der Waals surface area (Å²) in [6, 6.07) is 10.2. The third kappa shape index (κ3) is 3.64. The van der Waals surface area contributed by atoms with Crippen LogP contribution in [0.5, 0.6) is 0 Å². The van der Waals surface area contributed by atoms with Gasteiger partial charge in [-0.2, -0.15) is 4.99 Å². The number of carbonyl (C=O) groups excluding carboxylic acids is 1. The predicted molar refractivity (Wildman–Crippen MR) is 107 cm³/mol. The summed E-state index contributed by atoms with van der Waals surface area (Å²) in [5, 5.41) is 0. The molecule has 0 aliphatic carbocycles. The molecule has 1 amide bonds. The van der Waals surface area contributed by atoms with Crippen molar-refractivity contribution in [3.8, 4) is 0 Å². The Morgan fingerprint density at radius 3 is 2.58 bits per heavy atom. The molecule has 0 unspecified atom stereocenters. The highest BCUT2D eigenvalue weighted by Crippen LogP contribution is 2.23. The molecule has 2 aromatic carbocycles. The lowest BCUT2D eigenvalue weighted by atomic mass is 10.1. The number of amides is 1. The van der Waals surface area contributed by atoms with Gasteiger partial charge >= 0.3 is 0 Å². The predicted octanol–water partition coefficient (Wildman–Crippen LogP) is 4.32. The van der Waals surface area contributed by atoms with Crippen LogP contribution in [-0.2, 0) is 11.3 Å². The van der Waals surface area contributed by atoms with Gasteiger partial charge in [0, 0.05) is 19.2 Å². The second-order valence-corrected chi connectivity index (χ2v) is 7.70. The number of hydrogen-bond donors (Lipinski definition) is 0. The van der Waals surface area contributed by atoms with E-state index in [-0.39, 0.29) is 5.91 Å². The Hall–Kier alpha value is -2.24. The maximum Gasteiger partial charge on any atom is 0.279 e. The van der Waals surface area contributed by atoms with E-state index in [2.05, 4.69) is 35.5 Å². The number of rotatable bonds is 4. The van der Waals surface area contributed by atoms with Crippen LogP contribution in [0.2, 0.25) is 0 Å². The first-order valence-electron chi connectivity index (χ1n) is 8.66. The third-order valence-electron chi connectivity index (χ3n) is 4.45. The Morgan fingerprint density at radius 2 is 1.85 bits per heavy atom. The van der Waals surface area contributed by atoms with Crippen molar-refractivity contribution >= 4 is 27.5 Å². The van der Waals surface area contributed by atoms with Crippen LogP contribution in [0.1, 0.15) is 32.6 Å². The number of thiazole rings is 1. The lowest BCUT2D eigenvalue weighted by Crippen LogP contribution is -2.20. The van der Waals surface area contributed by atoms with E-state index >= 15 is 0 Å². The monoisotopic (exact) mass is 368 g/mol. The molecule has 4 nitrogen and oxygen atoms in total. The molecule has 136 valence electrons. The molecular formula is C21H24N2O2S. The molecule has 26 heavy (non-hydrogen) atoms. The Bertz CT molecular complexity index is 1040. The van der Waals surface area contributed by atoms with Crippen molar-refractivity contribution in [1.82, 2.24) is 4.57 Å². The first-order valence-corrected chi connectivity index (χ1v) is 9.48. The normalized spacial score (nSPS) is 12.1. The molecule has 0 fully saturated rings. The number of fused-ring (bicyclic) bond motifs is 1. The maximum atomic E-state index is 12.8. The zero-order valence-electron chi connectivity index (χ0n) is 15.9. The Balaban J connectivity index is 2.19. The Kier molecular flexibility index (Phi) is 5.39. The van der Waals surface area contributed by atoms with E-state index in [0.29, 0.717) is 18.7 Å². The van der Waals surface area contributed by atoms with Gasteiger partial charge in [-0.1, -0.05) is 35.1 Å². The Morgan fingerprint density at radius 1 is 1.08 bits per heavy atom. The molecule has 0 spiro atoms. The van der Waals surface area contributed by atoms with E-state index in [1.54, 1.807) is 18.4 Å². The second kappa shape index (κ2) is 7.56. The van der Waals surface area contributed by atoms with Gasteiger partial charge in [-0.3, -0.25) is 4.79 Å². The van der Waals surface area contributed by atoms with Crippen molar-refractivity contribution in [2.24, 2.45) is 4.99 Å². The van der Waals surface area contributed by atoms with Crippen LogP contribution in [0.3, 0.4) is 0 Å². The molecule has 0 N–H and O–H groups in total. The fourth-order valence-corrected chi connectivity index (χ4v) is 4.41. The Labute approximate surface area is 157 Å². The fraction of sp³-hybridized carbons (Fsp3) is 0.333. The second-order valence-electron chi connectivity index (χ2n) is 6.69. The van der Waals surface area contributed by atoms with Crippen LogP contribution in [0.25, 0.3) is 10.2 Å². The van der Waals surface area contributed by atoms with E-state index in [9.17, 15) is 4.79 Å². The van der Waals surface area contributed by atoms with Crippen LogP contribution in [0.4, 0.5) is 0 Å². The zero-order valence-corrected chi connectivity index (χ0v) is 16.7. The molecule has 0 bridgehead atoms. The average Bonchev–Trinajstić information content (AvgIpc) is 2.92. The summed E-state index contributed by atoms with van der Waals surface area (Å²) >= 11 is 1.56. The minimum absolute atomic E-state index is 0.196. The smallest absolute Gasteiger partial charge is 0.279 e. The maximum absolute atomic E-state index is 12.8. The molecule has 0 radical (unpaired) electrons. The molecule has 5 heteroatoms. The van der Waals surface area contributed by atoms with Crippen molar-refractivity contribution in [1.29, 1.82) is 0 Å². The minimum Gasteiger partial charge on any atom is -0.383 e. The summed E-state index contributed by atoms with van der Waals surface area (Å²) in [6.07, 6.45) is 0. The average molecular weight is 369 g/mol. The van der Waals surface area contributed by atoms with Gasteiger partial charge in [-0.25, -0.2) is 0 Å². The van der Waals surface area contributed by atoms with Crippen LogP contribution >= 0.6 is 11.3 Å². The fourth-order valence-electron chi connectivity index (χ4n) is 3.18. The lowest BCUT2D eigenvalue weighted by Gasteiger charge is -2.07. The summed E-state index contributed by atoms with van der Waals surface area (Å²) in [6.45, 7) is 9.36. The van der Waals surface area contributed by atoms with E-state index < -0.39 is 0 Å². The number of carbonyl (C=O) groups is 1. The quantitative estimate of drug-likeness (QED) is 0.688. The van der Waals surface area contributed by atoms with Crippen LogP contribution in [0.15, 0.2) is 35.3 Å². The summed E-state index contributed by atoms with van der Waals surface area (Å²) in [5.74, 6) is -0.196. The van der Waals surface area contributed by atoms with E-state index in [4.69, 9.17) is 4.74 Å². The van der Waals surface area contributed by atoms with Crippen molar-refractivity contribution in [3.63, 3.8) is 0 Å². The summed E-state index contributed by atoms with van der Waals surface area (Å²) in [7, 11) is 1.68. The molecule has 0 saturated heterocycles. The largest absolute Gasteiger partial charge is 0.383 e. The van der Waals surface area contributed by atoms with Gasteiger partial charge in [0.15, 0.2) is 4.80 Å². The molecule has 0 saturated carbocycles. The molecular weight excluding hydrogens is 344 g/mol. The molecule has 0 aliphatic rings. The van der Waals surface area contributed by atoms with E-state index in [1.165, 1.54) is 11.1 Å². The summed E-state index contributed by atoms with van der Waals surface area (Å²) in [4.78, 5) is 18.0. The van der Waals surface area contributed by atoms with Crippen molar-refractivity contribution in [3.05, 3.63) is 63.0 Å². The van der Waals surface area contributed by atoms with E-state index in [1.807, 2.05) is 32.0 Å². The highest BCUT2D eigenvalue weighted by atomic mass is 32.1. The first-order chi connectivity index (χ1) is 12.4. The van der Waals surface area contributed by atoms with Crippen LogP contribution in [0, 0.1) is 27.7 Å².